The molecule has 0 aliphatic carbocycles. The molecule has 10 nitrogen and oxygen atoms in total. The van der Waals surface area contributed by atoms with Crippen LogP contribution in [0, 0.1) is 5.82 Å². The van der Waals surface area contributed by atoms with Gasteiger partial charge in [-0.25, -0.2) is 9.07 Å². The van der Waals surface area contributed by atoms with Crippen LogP contribution in [0.1, 0.15) is 40.7 Å². The zero-order valence-corrected chi connectivity index (χ0v) is 22.1. The monoisotopic (exact) mass is 587 g/mol. The molecule has 3 aromatic rings. The zero-order chi connectivity index (χ0) is 29.6. The molecule has 2 atom stereocenters. The van der Waals surface area contributed by atoms with E-state index < -0.39 is 29.9 Å². The molecule has 0 radical (unpaired) electrons. The molecule has 2 saturated heterocycles. The summed E-state index contributed by atoms with van der Waals surface area (Å²) in [6, 6.07) is 7.69. The molecule has 42 heavy (non-hydrogen) atoms. The number of hydrogen-bond donors (Lipinski definition) is 1. The highest BCUT2D eigenvalue weighted by molar-refractivity contribution is 6.05. The van der Waals surface area contributed by atoms with Gasteiger partial charge in [-0.05, 0) is 48.7 Å². The maximum Gasteiger partial charge on any atom is 0.573 e. The molecule has 3 amide bonds. The van der Waals surface area contributed by atoms with Crippen LogP contribution in [0.2, 0.25) is 0 Å². The fourth-order valence-electron chi connectivity index (χ4n) is 5.53. The summed E-state index contributed by atoms with van der Waals surface area (Å²) >= 11 is 0. The lowest BCUT2D eigenvalue weighted by molar-refractivity contribution is -0.275. The van der Waals surface area contributed by atoms with Crippen molar-refractivity contribution in [1.29, 1.82) is 0 Å². The molecule has 1 aromatic heterocycles. The third-order valence-electron chi connectivity index (χ3n) is 7.47. The predicted molar refractivity (Wildman–Crippen MR) is 137 cm³/mol. The number of nitrogens with zero attached hydrogens (tertiary/aromatic N) is 4. The summed E-state index contributed by atoms with van der Waals surface area (Å²) in [6.45, 7) is 2.18. The molecular formula is C28H25F4N5O5. The Balaban J connectivity index is 1.04. The van der Waals surface area contributed by atoms with Crippen molar-refractivity contribution in [3.8, 4) is 17.2 Å². The van der Waals surface area contributed by atoms with Crippen LogP contribution in [0.4, 0.5) is 17.6 Å². The smallest absolute Gasteiger partial charge is 0.489 e. The Labute approximate surface area is 236 Å². The maximum atomic E-state index is 14.1. The Morgan fingerprint density at radius 1 is 1.07 bits per heavy atom. The number of fused-ring (bicyclic) bond motifs is 1. The van der Waals surface area contributed by atoms with Gasteiger partial charge in [0.15, 0.2) is 11.6 Å². The van der Waals surface area contributed by atoms with Crippen molar-refractivity contribution in [1.82, 2.24) is 24.9 Å². The number of carbonyl (C=O) groups is 3. The zero-order valence-electron chi connectivity index (χ0n) is 22.1. The maximum absolute atomic E-state index is 14.1. The number of piperidine rings is 1. The quantitative estimate of drug-likeness (QED) is 0.334. The average Bonchev–Trinajstić information content (AvgIpc) is 3.65. The molecule has 0 bridgehead atoms. The number of likely N-dealkylation sites (tertiary alicyclic amines) is 1. The van der Waals surface area contributed by atoms with Gasteiger partial charge in [0.2, 0.25) is 11.8 Å². The molecule has 2 aromatic carbocycles. The topological polar surface area (TPSA) is 106 Å². The lowest BCUT2D eigenvalue weighted by Gasteiger charge is -2.29. The number of alkyl halides is 3. The minimum absolute atomic E-state index is 0.100. The lowest BCUT2D eigenvalue weighted by atomic mass is 10.0. The van der Waals surface area contributed by atoms with Crippen LogP contribution in [0.25, 0.3) is 5.69 Å². The first-order valence-electron chi connectivity index (χ1n) is 13.3. The van der Waals surface area contributed by atoms with E-state index in [9.17, 15) is 31.9 Å². The van der Waals surface area contributed by atoms with Crippen molar-refractivity contribution >= 4 is 17.7 Å². The first-order chi connectivity index (χ1) is 20.0. The molecule has 2 fully saturated rings. The lowest BCUT2D eigenvalue weighted by Crippen LogP contribution is -2.52. The number of halogens is 4. The standard InChI is InChI=1S/C28H25F4N5O5/c29-22-10-18(1-5-24(22)42-28(30,31)32)37-13-16(11-33-37)12-35-8-7-20(15-35)41-19-2-3-21-17(9-19)14-36(27(21)40)23-4-6-25(38)34-26(23)39/h1-3,5,9-11,13,20,23H,4,6-8,12,14-15H2,(H,34,38,39)/t20-,23?/m0/s1. The second kappa shape index (κ2) is 10.7. The molecule has 6 rings (SSSR count). The van der Waals surface area contributed by atoms with E-state index in [1.807, 2.05) is 6.07 Å². The second-order valence-corrected chi connectivity index (χ2v) is 10.4. The van der Waals surface area contributed by atoms with Gasteiger partial charge in [0.1, 0.15) is 17.9 Å². The highest BCUT2D eigenvalue weighted by Gasteiger charge is 2.39. The van der Waals surface area contributed by atoms with Crippen LogP contribution < -0.4 is 14.8 Å². The van der Waals surface area contributed by atoms with Crippen LogP contribution >= 0.6 is 0 Å². The predicted octanol–water partition coefficient (Wildman–Crippen LogP) is 3.32. The van der Waals surface area contributed by atoms with Crippen molar-refractivity contribution in [3.63, 3.8) is 0 Å². The van der Waals surface area contributed by atoms with Crippen molar-refractivity contribution in [3.05, 3.63) is 71.3 Å². The summed E-state index contributed by atoms with van der Waals surface area (Å²) in [5.74, 6) is -2.48. The number of carbonyl (C=O) groups excluding carboxylic acids is 3. The van der Waals surface area contributed by atoms with Crippen molar-refractivity contribution in [2.45, 2.75) is 50.9 Å². The van der Waals surface area contributed by atoms with Gasteiger partial charge in [-0.2, -0.15) is 5.10 Å². The van der Waals surface area contributed by atoms with Crippen LogP contribution in [-0.4, -0.2) is 68.9 Å². The minimum atomic E-state index is -4.99. The number of amides is 3. The molecule has 220 valence electrons. The largest absolute Gasteiger partial charge is 0.573 e. The van der Waals surface area contributed by atoms with Gasteiger partial charge in [-0.15, -0.1) is 13.2 Å². The van der Waals surface area contributed by atoms with E-state index in [1.165, 1.54) is 15.6 Å². The Hall–Kier alpha value is -4.46. The number of rotatable bonds is 7. The number of benzene rings is 2. The van der Waals surface area contributed by atoms with Gasteiger partial charge in [-0.1, -0.05) is 0 Å². The van der Waals surface area contributed by atoms with Crippen LogP contribution in [0.3, 0.4) is 0 Å². The number of nitrogens with one attached hydrogen (secondary N) is 1. The van der Waals surface area contributed by atoms with E-state index in [-0.39, 0.29) is 36.6 Å². The van der Waals surface area contributed by atoms with Crippen molar-refractivity contribution in [2.24, 2.45) is 0 Å². The van der Waals surface area contributed by atoms with Crippen molar-refractivity contribution < 1.29 is 41.4 Å². The Kier molecular flexibility index (Phi) is 7.09. The molecule has 0 saturated carbocycles. The molecule has 3 aliphatic rings. The van der Waals surface area contributed by atoms with Gasteiger partial charge in [0, 0.05) is 56.0 Å². The van der Waals surface area contributed by atoms with Crippen molar-refractivity contribution in [2.75, 3.05) is 13.1 Å². The fraction of sp³-hybridized carbons (Fsp3) is 0.357. The average molecular weight is 588 g/mol. The molecular weight excluding hydrogens is 562 g/mol. The Morgan fingerprint density at radius 2 is 1.90 bits per heavy atom. The van der Waals surface area contributed by atoms with Gasteiger partial charge in [0.05, 0.1) is 11.9 Å². The summed E-state index contributed by atoms with van der Waals surface area (Å²) in [5, 5.41) is 6.50. The molecule has 14 heteroatoms. The summed E-state index contributed by atoms with van der Waals surface area (Å²) in [4.78, 5) is 40.3. The second-order valence-electron chi connectivity index (χ2n) is 10.4. The number of aromatic nitrogens is 2. The highest BCUT2D eigenvalue weighted by atomic mass is 19.4. The molecule has 1 unspecified atom stereocenters. The third kappa shape index (κ3) is 5.79. The van der Waals surface area contributed by atoms with E-state index >= 15 is 0 Å². The minimum Gasteiger partial charge on any atom is -0.489 e. The summed E-state index contributed by atoms with van der Waals surface area (Å²) in [7, 11) is 0. The van der Waals surface area contributed by atoms with Crippen LogP contribution in [-0.2, 0) is 22.7 Å². The third-order valence-corrected chi connectivity index (χ3v) is 7.47. The SMILES string of the molecule is O=C1CCC(N2Cc3cc(O[C@H]4CCN(Cc5cnn(-c6ccc(OC(F)(F)F)c(F)c6)c5)C4)ccc3C2=O)C(=O)N1. The first-order valence-corrected chi connectivity index (χ1v) is 13.3. The normalized spacial score (nSPS) is 21.0. The summed E-state index contributed by atoms with van der Waals surface area (Å²) < 4.78 is 62.6. The Bertz CT molecular complexity index is 1560. The Morgan fingerprint density at radius 3 is 2.67 bits per heavy atom. The fourth-order valence-corrected chi connectivity index (χ4v) is 5.53. The highest BCUT2D eigenvalue weighted by Crippen LogP contribution is 2.31. The van der Waals surface area contributed by atoms with E-state index in [2.05, 4.69) is 20.1 Å². The van der Waals surface area contributed by atoms with E-state index in [0.29, 0.717) is 30.8 Å². The van der Waals surface area contributed by atoms with Gasteiger partial charge >= 0.3 is 6.36 Å². The van der Waals surface area contributed by atoms with Crippen LogP contribution in [0.5, 0.6) is 11.5 Å². The molecule has 3 aliphatic heterocycles. The van der Waals surface area contributed by atoms with Gasteiger partial charge in [-0.3, -0.25) is 24.6 Å². The summed E-state index contributed by atoms with van der Waals surface area (Å²) in [6.07, 6.45) is -0.551. The van der Waals surface area contributed by atoms with Gasteiger partial charge < -0.3 is 14.4 Å². The van der Waals surface area contributed by atoms with E-state index in [1.54, 1.807) is 24.5 Å². The summed E-state index contributed by atoms with van der Waals surface area (Å²) in [5.41, 5.74) is 2.36. The molecule has 4 heterocycles. The van der Waals surface area contributed by atoms with E-state index in [4.69, 9.17) is 4.74 Å². The number of imide groups is 1. The molecule has 0 spiro atoms. The molecule has 1 N–H and O–H groups in total. The number of hydrogen-bond acceptors (Lipinski definition) is 7. The number of ether oxygens (including phenoxy) is 2. The first kappa shape index (κ1) is 27.7. The van der Waals surface area contributed by atoms with Gasteiger partial charge in [0.25, 0.3) is 5.91 Å². The van der Waals surface area contributed by atoms with Crippen LogP contribution in [0.15, 0.2) is 48.8 Å². The van der Waals surface area contributed by atoms with E-state index in [0.717, 1.165) is 36.2 Å².